The molecule has 0 saturated heterocycles. The zero-order valence-corrected chi connectivity index (χ0v) is 13.2. The molecular formula is C14H19BrO2S. The Morgan fingerprint density at radius 3 is 2.89 bits per heavy atom. The van der Waals surface area contributed by atoms with E-state index in [1.807, 2.05) is 6.07 Å². The molecule has 0 aliphatic heterocycles. The van der Waals surface area contributed by atoms with E-state index in [1.54, 1.807) is 11.3 Å². The van der Waals surface area contributed by atoms with Gasteiger partial charge in [0.1, 0.15) is 0 Å². The second-order valence-electron chi connectivity index (χ2n) is 6.01. The number of carbonyl (C=O) groups is 1. The van der Waals surface area contributed by atoms with Crippen LogP contribution in [0.5, 0.6) is 0 Å². The Bertz CT molecular complexity index is 439. The van der Waals surface area contributed by atoms with Crippen molar-refractivity contribution in [3.8, 4) is 0 Å². The normalized spacial score (nSPS) is 27.1. The Kier molecular flexibility index (Phi) is 4.17. The highest BCUT2D eigenvalue weighted by Gasteiger charge is 2.38. The average Bonchev–Trinajstić information content (AvgIpc) is 2.62. The molecule has 1 aromatic heterocycles. The third-order valence-corrected chi connectivity index (χ3v) is 5.92. The lowest BCUT2D eigenvalue weighted by Crippen LogP contribution is -2.35. The molecule has 1 aliphatic rings. The summed E-state index contributed by atoms with van der Waals surface area (Å²) in [4.78, 5) is 12.7. The Hall–Kier alpha value is -0.350. The predicted octanol–water partition coefficient (Wildman–Crippen LogP) is 4.58. The van der Waals surface area contributed by atoms with Gasteiger partial charge in [-0.25, -0.2) is 0 Å². The molecule has 1 saturated carbocycles. The van der Waals surface area contributed by atoms with Crippen LogP contribution in [0.1, 0.15) is 38.0 Å². The van der Waals surface area contributed by atoms with E-state index in [2.05, 4.69) is 35.2 Å². The highest BCUT2D eigenvalue weighted by atomic mass is 79.9. The van der Waals surface area contributed by atoms with Gasteiger partial charge < -0.3 is 5.11 Å². The molecule has 0 radical (unpaired) electrons. The van der Waals surface area contributed by atoms with Crippen molar-refractivity contribution in [1.29, 1.82) is 0 Å². The summed E-state index contributed by atoms with van der Waals surface area (Å²) in [5, 5.41) is 11.4. The van der Waals surface area contributed by atoms with E-state index in [-0.39, 0.29) is 17.3 Å². The maximum absolute atomic E-state index is 11.4. The highest BCUT2D eigenvalue weighted by molar-refractivity contribution is 9.10. The monoisotopic (exact) mass is 330 g/mol. The Balaban J connectivity index is 2.15. The maximum Gasteiger partial charge on any atom is 0.306 e. The lowest BCUT2D eigenvalue weighted by molar-refractivity contribution is -0.146. The first-order valence-electron chi connectivity index (χ1n) is 6.34. The summed E-state index contributed by atoms with van der Waals surface area (Å²) in [6, 6.07) is 2.05. The third-order valence-electron chi connectivity index (χ3n) is 3.97. The molecule has 0 aromatic carbocycles. The minimum absolute atomic E-state index is 0.174. The largest absolute Gasteiger partial charge is 0.481 e. The van der Waals surface area contributed by atoms with Crippen molar-refractivity contribution in [3.05, 3.63) is 20.8 Å². The maximum atomic E-state index is 11.4. The Morgan fingerprint density at radius 2 is 2.33 bits per heavy atom. The number of carboxylic acid groups (broad SMARTS) is 1. The molecule has 0 amide bonds. The molecule has 1 N–H and O–H groups in total. The van der Waals surface area contributed by atoms with Gasteiger partial charge in [-0.05, 0) is 64.4 Å². The van der Waals surface area contributed by atoms with Crippen LogP contribution < -0.4 is 0 Å². The van der Waals surface area contributed by atoms with Crippen LogP contribution in [0.15, 0.2) is 15.9 Å². The molecule has 18 heavy (non-hydrogen) atoms. The number of thiophene rings is 1. The van der Waals surface area contributed by atoms with E-state index in [0.29, 0.717) is 0 Å². The number of hydrogen-bond acceptors (Lipinski definition) is 2. The van der Waals surface area contributed by atoms with Crippen LogP contribution in [0.4, 0.5) is 0 Å². The lowest BCUT2D eigenvalue weighted by atomic mass is 9.66. The highest BCUT2D eigenvalue weighted by Crippen LogP contribution is 2.44. The SMILES string of the molecule is CC1(C)CCC(C(=O)O)C(Cc2sccc2Br)C1. The molecule has 1 fully saturated rings. The summed E-state index contributed by atoms with van der Waals surface area (Å²) in [6.07, 6.45) is 3.73. The van der Waals surface area contributed by atoms with Crippen molar-refractivity contribution >= 4 is 33.2 Å². The van der Waals surface area contributed by atoms with E-state index in [9.17, 15) is 9.90 Å². The molecule has 2 atom stereocenters. The Morgan fingerprint density at radius 1 is 1.61 bits per heavy atom. The summed E-state index contributed by atoms with van der Waals surface area (Å²) in [7, 11) is 0. The van der Waals surface area contributed by atoms with Gasteiger partial charge in [-0.3, -0.25) is 4.79 Å². The number of carboxylic acids is 1. The van der Waals surface area contributed by atoms with Gasteiger partial charge in [-0.1, -0.05) is 13.8 Å². The van der Waals surface area contributed by atoms with Crippen molar-refractivity contribution < 1.29 is 9.90 Å². The van der Waals surface area contributed by atoms with Crippen LogP contribution in [0, 0.1) is 17.3 Å². The fourth-order valence-electron chi connectivity index (χ4n) is 2.98. The minimum Gasteiger partial charge on any atom is -0.481 e. The molecule has 2 nitrogen and oxygen atoms in total. The van der Waals surface area contributed by atoms with Crippen LogP contribution >= 0.6 is 27.3 Å². The fraction of sp³-hybridized carbons (Fsp3) is 0.643. The Labute approximate surface area is 121 Å². The van der Waals surface area contributed by atoms with Crippen LogP contribution in [-0.2, 0) is 11.2 Å². The molecule has 1 heterocycles. The smallest absolute Gasteiger partial charge is 0.306 e. The third kappa shape index (κ3) is 3.15. The van der Waals surface area contributed by atoms with Crippen LogP contribution in [0.3, 0.4) is 0 Å². The van der Waals surface area contributed by atoms with Crippen LogP contribution in [0.25, 0.3) is 0 Å². The second kappa shape index (κ2) is 5.33. The molecule has 4 heteroatoms. The van der Waals surface area contributed by atoms with Gasteiger partial charge >= 0.3 is 5.97 Å². The number of rotatable bonds is 3. The molecule has 2 rings (SSSR count). The van der Waals surface area contributed by atoms with Crippen LogP contribution in [0.2, 0.25) is 0 Å². The predicted molar refractivity (Wildman–Crippen MR) is 78.0 cm³/mol. The van der Waals surface area contributed by atoms with Gasteiger partial charge in [0.25, 0.3) is 0 Å². The first-order chi connectivity index (χ1) is 8.39. The van der Waals surface area contributed by atoms with Crippen molar-refractivity contribution in [2.24, 2.45) is 17.3 Å². The molecule has 0 bridgehead atoms. The van der Waals surface area contributed by atoms with Gasteiger partial charge in [-0.15, -0.1) is 11.3 Å². The minimum atomic E-state index is -0.622. The van der Waals surface area contributed by atoms with Crippen molar-refractivity contribution in [2.45, 2.75) is 39.5 Å². The van der Waals surface area contributed by atoms with Gasteiger partial charge in [0.2, 0.25) is 0 Å². The first kappa shape index (κ1) is 14.1. The number of hydrogen-bond donors (Lipinski definition) is 1. The molecular weight excluding hydrogens is 312 g/mol. The van der Waals surface area contributed by atoms with E-state index in [4.69, 9.17) is 0 Å². The summed E-state index contributed by atoms with van der Waals surface area (Å²) in [5.74, 6) is -0.531. The van der Waals surface area contributed by atoms with Gasteiger partial charge in [0.15, 0.2) is 0 Å². The van der Waals surface area contributed by atoms with E-state index in [1.165, 1.54) is 4.88 Å². The van der Waals surface area contributed by atoms with Crippen molar-refractivity contribution in [3.63, 3.8) is 0 Å². The van der Waals surface area contributed by atoms with Crippen molar-refractivity contribution in [2.75, 3.05) is 0 Å². The number of halogens is 1. The quantitative estimate of drug-likeness (QED) is 0.880. The summed E-state index contributed by atoms with van der Waals surface area (Å²) in [6.45, 7) is 4.50. The number of aliphatic carboxylic acids is 1. The second-order valence-corrected chi connectivity index (χ2v) is 7.86. The topological polar surface area (TPSA) is 37.3 Å². The van der Waals surface area contributed by atoms with Gasteiger partial charge in [-0.2, -0.15) is 0 Å². The zero-order valence-electron chi connectivity index (χ0n) is 10.8. The van der Waals surface area contributed by atoms with Gasteiger partial charge in [0.05, 0.1) is 5.92 Å². The van der Waals surface area contributed by atoms with Crippen molar-refractivity contribution in [1.82, 2.24) is 0 Å². The van der Waals surface area contributed by atoms with E-state index >= 15 is 0 Å². The van der Waals surface area contributed by atoms with Crippen LogP contribution in [-0.4, -0.2) is 11.1 Å². The summed E-state index contributed by atoms with van der Waals surface area (Å²) >= 11 is 5.26. The standard InChI is InChI=1S/C14H19BrO2S/c1-14(2)5-3-10(13(16)17)9(8-14)7-12-11(15)4-6-18-12/h4,6,9-10H,3,5,7-8H2,1-2H3,(H,16,17). The van der Waals surface area contributed by atoms with E-state index in [0.717, 1.165) is 30.2 Å². The summed E-state index contributed by atoms with van der Waals surface area (Å²) < 4.78 is 1.13. The van der Waals surface area contributed by atoms with Gasteiger partial charge in [0, 0.05) is 9.35 Å². The lowest BCUT2D eigenvalue weighted by Gasteiger charge is -2.39. The molecule has 1 aliphatic carbocycles. The van der Waals surface area contributed by atoms with E-state index < -0.39 is 5.97 Å². The molecule has 2 unspecified atom stereocenters. The molecule has 0 spiro atoms. The fourth-order valence-corrected chi connectivity index (χ4v) is 4.59. The average molecular weight is 331 g/mol. The molecule has 100 valence electrons. The summed E-state index contributed by atoms with van der Waals surface area (Å²) in [5.41, 5.74) is 0.278. The first-order valence-corrected chi connectivity index (χ1v) is 8.01. The zero-order chi connectivity index (χ0) is 13.3. The molecule has 1 aromatic rings.